The van der Waals surface area contributed by atoms with Crippen molar-refractivity contribution in [3.8, 4) is 0 Å². The van der Waals surface area contributed by atoms with E-state index in [0.717, 1.165) is 10.5 Å². The molecule has 4 unspecified atom stereocenters. The maximum absolute atomic E-state index is 12.6. The predicted molar refractivity (Wildman–Crippen MR) is 78.1 cm³/mol. The number of rotatable bonds is 2. The quantitative estimate of drug-likeness (QED) is 0.616. The first kappa shape index (κ1) is 13.2. The van der Waals surface area contributed by atoms with Crippen LogP contribution < -0.4 is 0 Å². The average molecular weight is 295 g/mol. The normalized spacial score (nSPS) is 32.8. The first-order valence-corrected chi connectivity index (χ1v) is 7.78. The van der Waals surface area contributed by atoms with Crippen LogP contribution in [0.1, 0.15) is 17.3 Å². The smallest absolute Gasteiger partial charge is 0.170 e. The first-order chi connectivity index (χ1) is 9.22. The number of benzene rings is 1. The Morgan fingerprint density at radius 3 is 2.89 bits per heavy atom. The highest BCUT2D eigenvalue weighted by atomic mass is 35.5. The molecule has 0 amide bonds. The molecule has 0 bridgehead atoms. The SMILES string of the molecule is CCOC1C=CC2Sc3ccccc3C(=O)C2C1Cl. The van der Waals surface area contributed by atoms with E-state index in [9.17, 15) is 4.79 Å². The Bertz CT molecular complexity index is 529. The number of carbonyl (C=O) groups excluding carboxylic acids is 1. The van der Waals surface area contributed by atoms with Crippen molar-refractivity contribution in [1.29, 1.82) is 0 Å². The second-order valence-corrected chi connectivity index (χ2v) is 6.44. The van der Waals surface area contributed by atoms with Crippen molar-refractivity contribution in [1.82, 2.24) is 0 Å². The molecule has 2 aliphatic rings. The summed E-state index contributed by atoms with van der Waals surface area (Å²) in [7, 11) is 0. The van der Waals surface area contributed by atoms with E-state index in [2.05, 4.69) is 6.08 Å². The maximum atomic E-state index is 12.6. The van der Waals surface area contributed by atoms with Gasteiger partial charge in [0.2, 0.25) is 0 Å². The van der Waals surface area contributed by atoms with Gasteiger partial charge in [-0.05, 0) is 13.0 Å². The third-order valence-electron chi connectivity index (χ3n) is 3.58. The van der Waals surface area contributed by atoms with Crippen LogP contribution in [0.2, 0.25) is 0 Å². The summed E-state index contributed by atoms with van der Waals surface area (Å²) in [5, 5.41) is -0.162. The fourth-order valence-corrected chi connectivity index (χ4v) is 4.54. The van der Waals surface area contributed by atoms with Crippen LogP contribution in [-0.4, -0.2) is 29.1 Å². The van der Waals surface area contributed by atoms with E-state index in [0.29, 0.717) is 6.61 Å². The zero-order chi connectivity index (χ0) is 13.4. The number of Topliss-reactive ketones (excluding diaryl/α,β-unsaturated/α-hetero) is 1. The molecule has 1 aliphatic carbocycles. The van der Waals surface area contributed by atoms with Crippen LogP contribution in [0.15, 0.2) is 41.3 Å². The zero-order valence-corrected chi connectivity index (χ0v) is 12.2. The van der Waals surface area contributed by atoms with Gasteiger partial charge < -0.3 is 4.74 Å². The minimum absolute atomic E-state index is 0.126. The summed E-state index contributed by atoms with van der Waals surface area (Å²) in [4.78, 5) is 13.7. The molecule has 1 aromatic rings. The molecule has 0 fully saturated rings. The topological polar surface area (TPSA) is 26.3 Å². The molecule has 2 nitrogen and oxygen atoms in total. The third kappa shape index (κ3) is 2.24. The molecule has 1 heterocycles. The van der Waals surface area contributed by atoms with Crippen molar-refractivity contribution >= 4 is 29.1 Å². The Labute approximate surface area is 122 Å². The van der Waals surface area contributed by atoms with Crippen LogP contribution in [-0.2, 0) is 4.74 Å². The number of hydrogen-bond acceptors (Lipinski definition) is 3. The van der Waals surface area contributed by atoms with Gasteiger partial charge in [-0.1, -0.05) is 30.4 Å². The summed E-state index contributed by atoms with van der Waals surface area (Å²) < 4.78 is 5.60. The van der Waals surface area contributed by atoms with E-state index >= 15 is 0 Å². The molecule has 4 heteroatoms. The van der Waals surface area contributed by atoms with E-state index in [4.69, 9.17) is 16.3 Å². The van der Waals surface area contributed by atoms with Crippen molar-refractivity contribution in [2.45, 2.75) is 28.6 Å². The van der Waals surface area contributed by atoms with Gasteiger partial charge in [-0.25, -0.2) is 0 Å². The van der Waals surface area contributed by atoms with Crippen molar-refractivity contribution in [2.24, 2.45) is 5.92 Å². The van der Waals surface area contributed by atoms with Gasteiger partial charge in [0, 0.05) is 22.3 Å². The van der Waals surface area contributed by atoms with E-state index in [1.165, 1.54) is 0 Å². The molecule has 0 saturated heterocycles. The summed E-state index contributed by atoms with van der Waals surface area (Å²) in [5.74, 6) is -0.0449. The summed E-state index contributed by atoms with van der Waals surface area (Å²) in [6.45, 7) is 2.55. The van der Waals surface area contributed by atoms with Crippen LogP contribution in [0.25, 0.3) is 0 Å². The molecule has 0 radical (unpaired) electrons. The Kier molecular flexibility index (Phi) is 3.70. The number of fused-ring (bicyclic) bond motifs is 2. The van der Waals surface area contributed by atoms with Crippen molar-refractivity contribution in [3.05, 3.63) is 42.0 Å². The van der Waals surface area contributed by atoms with Gasteiger partial charge in [-0.15, -0.1) is 23.4 Å². The Hall–Kier alpha value is -0.770. The van der Waals surface area contributed by atoms with Crippen molar-refractivity contribution in [2.75, 3.05) is 6.61 Å². The first-order valence-electron chi connectivity index (χ1n) is 6.46. The molecule has 1 aromatic carbocycles. The highest BCUT2D eigenvalue weighted by Crippen LogP contribution is 2.44. The lowest BCUT2D eigenvalue weighted by atomic mass is 9.84. The van der Waals surface area contributed by atoms with Crippen LogP contribution in [0.3, 0.4) is 0 Å². The fourth-order valence-electron chi connectivity index (χ4n) is 2.68. The van der Waals surface area contributed by atoms with E-state index < -0.39 is 0 Å². The lowest BCUT2D eigenvalue weighted by Gasteiger charge is -2.38. The van der Waals surface area contributed by atoms with Gasteiger partial charge in [0.15, 0.2) is 5.78 Å². The number of halogens is 1. The standard InChI is InChI=1S/C15H15ClO2S/c1-2-18-10-7-8-12-13(14(10)16)15(17)9-5-3-4-6-11(9)19-12/h3-8,10,12-14H,2H2,1H3. The molecule has 4 atom stereocenters. The number of hydrogen-bond donors (Lipinski definition) is 0. The van der Waals surface area contributed by atoms with Crippen molar-refractivity contribution in [3.63, 3.8) is 0 Å². The number of ether oxygens (including phenoxy) is 1. The van der Waals surface area contributed by atoms with Crippen LogP contribution in [0.5, 0.6) is 0 Å². The zero-order valence-electron chi connectivity index (χ0n) is 10.6. The molecule has 0 saturated carbocycles. The Morgan fingerprint density at radius 2 is 2.11 bits per heavy atom. The third-order valence-corrected chi connectivity index (χ3v) is 5.43. The minimum atomic E-state index is -0.289. The Morgan fingerprint density at radius 1 is 1.32 bits per heavy atom. The van der Waals surface area contributed by atoms with Gasteiger partial charge >= 0.3 is 0 Å². The molecule has 0 spiro atoms. The number of thioether (sulfide) groups is 1. The lowest BCUT2D eigenvalue weighted by Crippen LogP contribution is -2.44. The minimum Gasteiger partial charge on any atom is -0.373 e. The van der Waals surface area contributed by atoms with E-state index in [1.54, 1.807) is 11.8 Å². The van der Waals surface area contributed by atoms with E-state index in [1.807, 2.05) is 37.3 Å². The monoisotopic (exact) mass is 294 g/mol. The maximum Gasteiger partial charge on any atom is 0.170 e. The average Bonchev–Trinajstić information content (AvgIpc) is 2.42. The van der Waals surface area contributed by atoms with Gasteiger partial charge in [-0.3, -0.25) is 4.79 Å². The number of carbonyl (C=O) groups is 1. The second-order valence-electron chi connectivity index (χ2n) is 4.72. The predicted octanol–water partition coefficient (Wildman–Crippen LogP) is 3.54. The number of alkyl halides is 1. The van der Waals surface area contributed by atoms with Crippen LogP contribution in [0.4, 0.5) is 0 Å². The summed E-state index contributed by atoms with van der Waals surface area (Å²) >= 11 is 8.21. The molecule has 19 heavy (non-hydrogen) atoms. The molecule has 0 aromatic heterocycles. The highest BCUT2D eigenvalue weighted by Gasteiger charge is 2.44. The second kappa shape index (κ2) is 5.31. The van der Waals surface area contributed by atoms with Gasteiger partial charge in [-0.2, -0.15) is 0 Å². The molecule has 100 valence electrons. The summed E-state index contributed by atoms with van der Waals surface area (Å²) in [6.07, 6.45) is 3.90. The number of ketones is 1. The largest absolute Gasteiger partial charge is 0.373 e. The Balaban J connectivity index is 1.96. The molecular formula is C15H15ClO2S. The van der Waals surface area contributed by atoms with Gasteiger partial charge in [0.05, 0.1) is 17.4 Å². The lowest BCUT2D eigenvalue weighted by molar-refractivity contribution is 0.0662. The summed E-state index contributed by atoms with van der Waals surface area (Å²) in [5.41, 5.74) is 0.796. The molecule has 3 rings (SSSR count). The molecular weight excluding hydrogens is 280 g/mol. The highest BCUT2D eigenvalue weighted by molar-refractivity contribution is 8.00. The molecule has 0 N–H and O–H groups in total. The van der Waals surface area contributed by atoms with Crippen LogP contribution >= 0.6 is 23.4 Å². The van der Waals surface area contributed by atoms with E-state index in [-0.39, 0.29) is 28.4 Å². The van der Waals surface area contributed by atoms with Gasteiger partial charge in [0.25, 0.3) is 0 Å². The van der Waals surface area contributed by atoms with Crippen LogP contribution in [0, 0.1) is 5.92 Å². The van der Waals surface area contributed by atoms with Gasteiger partial charge in [0.1, 0.15) is 0 Å². The molecule has 1 aliphatic heterocycles. The summed E-state index contributed by atoms with van der Waals surface area (Å²) in [6, 6.07) is 7.75. The fraction of sp³-hybridized carbons (Fsp3) is 0.400. The van der Waals surface area contributed by atoms with Crippen molar-refractivity contribution < 1.29 is 9.53 Å².